The van der Waals surface area contributed by atoms with E-state index in [9.17, 15) is 14.7 Å². The number of β-amino-alcohol motifs (C(OH)–C–C–N with tert-alkyl or cyclic N) is 1. The van der Waals surface area contributed by atoms with Gasteiger partial charge in [-0.1, -0.05) is 29.8 Å². The average molecular weight is 515 g/mol. The molecule has 7 heteroatoms. The van der Waals surface area contributed by atoms with Gasteiger partial charge < -0.3 is 19.8 Å². The van der Waals surface area contributed by atoms with Gasteiger partial charge in [-0.15, -0.1) is 0 Å². The Bertz CT molecular complexity index is 1310. The number of carbonyl (C=O) groups is 2. The molecule has 2 saturated heterocycles. The van der Waals surface area contributed by atoms with Crippen molar-refractivity contribution in [3.8, 4) is 0 Å². The maximum Gasteiger partial charge on any atom is 0.254 e. The normalized spacial score (nSPS) is 17.9. The summed E-state index contributed by atoms with van der Waals surface area (Å²) in [4.78, 5) is 36.9. The van der Waals surface area contributed by atoms with Crippen LogP contribution in [0.4, 0.5) is 5.82 Å². The first-order chi connectivity index (χ1) is 18.4. The summed E-state index contributed by atoms with van der Waals surface area (Å²) in [5.74, 6) is 1.03. The van der Waals surface area contributed by atoms with Crippen molar-refractivity contribution in [1.29, 1.82) is 0 Å². The maximum atomic E-state index is 13.8. The largest absolute Gasteiger partial charge is 0.391 e. The SMILES string of the molecule is Cc1ccc(C(=O)N(CCCN2CCCC2=O)Cc2cc3ccc(C)cc3nc2N2CCC[C@H](O)C2)cc1. The third-order valence-corrected chi connectivity index (χ3v) is 7.70. The van der Waals surface area contributed by atoms with E-state index in [2.05, 4.69) is 36.1 Å². The molecular weight excluding hydrogens is 476 g/mol. The molecule has 1 N–H and O–H groups in total. The maximum absolute atomic E-state index is 13.8. The first-order valence-corrected chi connectivity index (χ1v) is 13.8. The number of fused-ring (bicyclic) bond motifs is 1. The molecule has 0 aliphatic carbocycles. The Kier molecular flexibility index (Phi) is 7.93. The third-order valence-electron chi connectivity index (χ3n) is 7.70. The van der Waals surface area contributed by atoms with Crippen LogP contribution >= 0.6 is 0 Å². The lowest BCUT2D eigenvalue weighted by Crippen LogP contribution is -2.40. The van der Waals surface area contributed by atoms with Crippen molar-refractivity contribution >= 4 is 28.5 Å². The second kappa shape index (κ2) is 11.5. The van der Waals surface area contributed by atoms with Gasteiger partial charge in [0.05, 0.1) is 11.6 Å². The van der Waals surface area contributed by atoms with E-state index < -0.39 is 0 Å². The van der Waals surface area contributed by atoms with Crippen molar-refractivity contribution in [2.24, 2.45) is 0 Å². The summed E-state index contributed by atoms with van der Waals surface area (Å²) in [5, 5.41) is 11.4. The number of hydrogen-bond donors (Lipinski definition) is 1. The topological polar surface area (TPSA) is 77.0 Å². The van der Waals surface area contributed by atoms with Crippen LogP contribution in [0.5, 0.6) is 0 Å². The number of aryl methyl sites for hydroxylation is 2. The number of pyridine rings is 1. The fourth-order valence-corrected chi connectivity index (χ4v) is 5.58. The molecule has 2 aromatic carbocycles. The highest BCUT2D eigenvalue weighted by atomic mass is 16.3. The van der Waals surface area contributed by atoms with Crippen LogP contribution in [0.15, 0.2) is 48.5 Å². The van der Waals surface area contributed by atoms with Gasteiger partial charge in [0.25, 0.3) is 5.91 Å². The smallest absolute Gasteiger partial charge is 0.254 e. The summed E-state index contributed by atoms with van der Waals surface area (Å²) in [7, 11) is 0. The highest BCUT2D eigenvalue weighted by molar-refractivity contribution is 5.94. The molecule has 200 valence electrons. The Morgan fingerprint density at radius 2 is 1.84 bits per heavy atom. The zero-order chi connectivity index (χ0) is 26.6. The number of likely N-dealkylation sites (tertiary alicyclic amines) is 1. The molecular formula is C31H38N4O3. The van der Waals surface area contributed by atoms with E-state index in [0.29, 0.717) is 38.2 Å². The molecule has 3 heterocycles. The molecule has 0 radical (unpaired) electrons. The molecule has 0 spiro atoms. The Morgan fingerprint density at radius 3 is 2.58 bits per heavy atom. The molecule has 7 nitrogen and oxygen atoms in total. The van der Waals surface area contributed by atoms with E-state index >= 15 is 0 Å². The van der Waals surface area contributed by atoms with Crippen LogP contribution in [0, 0.1) is 13.8 Å². The van der Waals surface area contributed by atoms with Crippen LogP contribution in [0.3, 0.4) is 0 Å². The number of aromatic nitrogens is 1. The number of hydrogen-bond acceptors (Lipinski definition) is 5. The van der Waals surface area contributed by atoms with E-state index in [4.69, 9.17) is 4.98 Å². The average Bonchev–Trinajstić information content (AvgIpc) is 3.32. The standard InChI is InChI=1S/C31H38N4O3/c1-22-8-11-24(12-9-22)31(38)35(17-5-16-33-14-4-7-29(33)37)20-26-19-25-13-10-23(2)18-28(25)32-30(26)34-15-3-6-27(36)21-34/h8-13,18-19,27,36H,3-7,14-17,20-21H2,1-2H3/t27-/m0/s1. The van der Waals surface area contributed by atoms with E-state index in [1.807, 2.05) is 41.0 Å². The number of piperidine rings is 1. The summed E-state index contributed by atoms with van der Waals surface area (Å²) < 4.78 is 0. The van der Waals surface area contributed by atoms with Gasteiger partial charge in [0.15, 0.2) is 0 Å². The van der Waals surface area contributed by atoms with Gasteiger partial charge in [0.1, 0.15) is 5.82 Å². The number of carbonyl (C=O) groups excluding carboxylic acids is 2. The van der Waals surface area contributed by atoms with Crippen LogP contribution in [0.25, 0.3) is 10.9 Å². The highest BCUT2D eigenvalue weighted by Gasteiger charge is 2.25. The van der Waals surface area contributed by atoms with E-state index in [0.717, 1.165) is 72.2 Å². The lowest BCUT2D eigenvalue weighted by atomic mass is 10.0. The monoisotopic (exact) mass is 514 g/mol. The predicted octanol–water partition coefficient (Wildman–Crippen LogP) is 4.47. The van der Waals surface area contributed by atoms with Gasteiger partial charge in [-0.3, -0.25) is 9.59 Å². The number of amides is 2. The van der Waals surface area contributed by atoms with E-state index in [-0.39, 0.29) is 17.9 Å². The number of aliphatic hydroxyl groups is 1. The van der Waals surface area contributed by atoms with Crippen molar-refractivity contribution in [3.05, 3.63) is 70.8 Å². The molecule has 1 atom stereocenters. The van der Waals surface area contributed by atoms with Crippen molar-refractivity contribution < 1.29 is 14.7 Å². The molecule has 38 heavy (non-hydrogen) atoms. The number of aliphatic hydroxyl groups excluding tert-OH is 1. The van der Waals surface area contributed by atoms with Crippen molar-refractivity contribution in [3.63, 3.8) is 0 Å². The Hall–Kier alpha value is -3.45. The van der Waals surface area contributed by atoms with Crippen LogP contribution in [0.1, 0.15) is 59.2 Å². The summed E-state index contributed by atoms with van der Waals surface area (Å²) in [5.41, 5.74) is 4.82. The summed E-state index contributed by atoms with van der Waals surface area (Å²) in [6.07, 6.45) is 3.59. The third kappa shape index (κ3) is 5.99. The minimum absolute atomic E-state index is 0.0219. The number of rotatable bonds is 8. The molecule has 0 bridgehead atoms. The van der Waals surface area contributed by atoms with Crippen LogP contribution in [0.2, 0.25) is 0 Å². The van der Waals surface area contributed by atoms with Crippen LogP contribution < -0.4 is 4.90 Å². The quantitative estimate of drug-likeness (QED) is 0.480. The lowest BCUT2D eigenvalue weighted by molar-refractivity contribution is -0.127. The second-order valence-corrected chi connectivity index (χ2v) is 10.8. The first-order valence-electron chi connectivity index (χ1n) is 13.8. The second-order valence-electron chi connectivity index (χ2n) is 10.8. The van der Waals surface area contributed by atoms with Gasteiger partial charge >= 0.3 is 0 Å². The van der Waals surface area contributed by atoms with Gasteiger partial charge in [-0.2, -0.15) is 0 Å². The Balaban J connectivity index is 1.46. The highest BCUT2D eigenvalue weighted by Crippen LogP contribution is 2.29. The minimum Gasteiger partial charge on any atom is -0.391 e. The number of anilines is 1. The Labute approximate surface area is 225 Å². The lowest BCUT2D eigenvalue weighted by Gasteiger charge is -2.34. The summed E-state index contributed by atoms with van der Waals surface area (Å²) in [6.45, 7) is 7.88. The number of benzene rings is 2. The number of nitrogens with zero attached hydrogens (tertiary/aromatic N) is 4. The van der Waals surface area contributed by atoms with Gasteiger partial charge in [-0.25, -0.2) is 4.98 Å². The molecule has 2 fully saturated rings. The molecule has 5 rings (SSSR count). The zero-order valence-corrected chi connectivity index (χ0v) is 22.5. The van der Waals surface area contributed by atoms with Gasteiger partial charge in [0.2, 0.25) is 5.91 Å². The Morgan fingerprint density at radius 1 is 1.05 bits per heavy atom. The van der Waals surface area contributed by atoms with E-state index in [1.165, 1.54) is 0 Å². The van der Waals surface area contributed by atoms with Crippen LogP contribution in [-0.4, -0.2) is 70.5 Å². The summed E-state index contributed by atoms with van der Waals surface area (Å²) in [6, 6.07) is 16.1. The summed E-state index contributed by atoms with van der Waals surface area (Å²) >= 11 is 0. The molecule has 2 aliphatic rings. The molecule has 0 saturated carbocycles. The van der Waals surface area contributed by atoms with Crippen molar-refractivity contribution in [2.45, 2.75) is 58.6 Å². The molecule has 0 unspecified atom stereocenters. The minimum atomic E-state index is -0.380. The fourth-order valence-electron chi connectivity index (χ4n) is 5.58. The van der Waals surface area contributed by atoms with Crippen molar-refractivity contribution in [2.75, 3.05) is 37.6 Å². The van der Waals surface area contributed by atoms with E-state index in [1.54, 1.807) is 0 Å². The molecule has 3 aromatic rings. The van der Waals surface area contributed by atoms with Crippen molar-refractivity contribution in [1.82, 2.24) is 14.8 Å². The molecule has 1 aromatic heterocycles. The first kappa shape index (κ1) is 26.2. The van der Waals surface area contributed by atoms with Crippen LogP contribution in [-0.2, 0) is 11.3 Å². The fraction of sp³-hybridized carbons (Fsp3) is 0.452. The zero-order valence-electron chi connectivity index (χ0n) is 22.5. The van der Waals surface area contributed by atoms with Gasteiger partial charge in [0, 0.05) is 62.2 Å². The molecule has 2 amide bonds. The molecule has 2 aliphatic heterocycles. The van der Waals surface area contributed by atoms with Gasteiger partial charge in [-0.05, 0) is 69.4 Å². The predicted molar refractivity (Wildman–Crippen MR) is 150 cm³/mol.